The lowest BCUT2D eigenvalue weighted by atomic mass is 9.92. The topological polar surface area (TPSA) is 63.4 Å². The first-order chi connectivity index (χ1) is 8.88. The van der Waals surface area contributed by atoms with E-state index in [4.69, 9.17) is 5.73 Å². The van der Waals surface area contributed by atoms with Crippen LogP contribution in [0.5, 0.6) is 0 Å². The van der Waals surface area contributed by atoms with Gasteiger partial charge in [-0.2, -0.15) is 0 Å². The highest BCUT2D eigenvalue weighted by Gasteiger charge is 2.27. The van der Waals surface area contributed by atoms with E-state index in [0.717, 1.165) is 28.6 Å². The molecule has 0 aliphatic carbocycles. The van der Waals surface area contributed by atoms with Crippen molar-refractivity contribution in [1.82, 2.24) is 4.31 Å². The largest absolute Gasteiger partial charge is 0.323 e. The monoisotopic (exact) mass is 366 g/mol. The van der Waals surface area contributed by atoms with Crippen LogP contribution in [0.1, 0.15) is 30.2 Å². The van der Waals surface area contributed by atoms with Crippen molar-refractivity contribution in [3.63, 3.8) is 0 Å². The molecule has 2 rings (SSSR count). The van der Waals surface area contributed by atoms with Crippen molar-refractivity contribution in [3.05, 3.63) is 20.8 Å². The third kappa shape index (κ3) is 4.01. The Bertz CT molecular complexity index is 530. The van der Waals surface area contributed by atoms with Crippen LogP contribution in [0, 0.1) is 5.92 Å². The zero-order valence-corrected chi connectivity index (χ0v) is 14.1. The summed E-state index contributed by atoms with van der Waals surface area (Å²) in [6.45, 7) is 1.25. The zero-order chi connectivity index (χ0) is 14.0. The van der Waals surface area contributed by atoms with E-state index < -0.39 is 10.0 Å². The van der Waals surface area contributed by atoms with Crippen LogP contribution in [0.15, 0.2) is 15.9 Å². The van der Waals surface area contributed by atoms with Gasteiger partial charge in [-0.05, 0) is 52.6 Å². The van der Waals surface area contributed by atoms with Crippen LogP contribution in [0.2, 0.25) is 0 Å². The molecule has 2 unspecified atom stereocenters. The van der Waals surface area contributed by atoms with E-state index >= 15 is 0 Å². The van der Waals surface area contributed by atoms with Crippen molar-refractivity contribution in [2.75, 3.05) is 19.3 Å². The average molecular weight is 367 g/mol. The molecular weight excluding hydrogens is 348 g/mol. The molecule has 4 nitrogen and oxygen atoms in total. The molecule has 0 bridgehead atoms. The molecule has 0 aromatic carbocycles. The molecule has 2 N–H and O–H groups in total. The summed E-state index contributed by atoms with van der Waals surface area (Å²) in [4.78, 5) is 1.15. The van der Waals surface area contributed by atoms with Gasteiger partial charge < -0.3 is 5.73 Å². The summed E-state index contributed by atoms with van der Waals surface area (Å²) in [7, 11) is -3.07. The minimum Gasteiger partial charge on any atom is -0.323 e. The second-order valence-electron chi connectivity index (χ2n) is 5.10. The van der Waals surface area contributed by atoms with Gasteiger partial charge in [0.05, 0.1) is 6.26 Å². The third-order valence-electron chi connectivity index (χ3n) is 3.52. The molecule has 0 saturated carbocycles. The van der Waals surface area contributed by atoms with Crippen LogP contribution in [-0.4, -0.2) is 32.1 Å². The minimum absolute atomic E-state index is 0.0149. The quantitative estimate of drug-likeness (QED) is 0.890. The summed E-state index contributed by atoms with van der Waals surface area (Å²) in [5, 5.41) is 2.02. The third-order valence-corrected chi connectivity index (χ3v) is 6.79. The van der Waals surface area contributed by atoms with Crippen molar-refractivity contribution in [3.8, 4) is 0 Å². The molecule has 1 saturated heterocycles. The fourth-order valence-corrected chi connectivity index (χ4v) is 5.18. The Morgan fingerprint density at radius 3 is 2.95 bits per heavy atom. The first-order valence-electron chi connectivity index (χ1n) is 6.31. The van der Waals surface area contributed by atoms with Crippen LogP contribution >= 0.6 is 27.3 Å². The number of sulfonamides is 1. The van der Waals surface area contributed by atoms with Gasteiger partial charge in [-0.15, -0.1) is 11.3 Å². The Hall–Kier alpha value is 0.0500. The Kier molecular flexibility index (Phi) is 5.05. The number of nitrogens with two attached hydrogens (primary N) is 1. The smallest absolute Gasteiger partial charge is 0.211 e. The van der Waals surface area contributed by atoms with E-state index in [0.29, 0.717) is 19.0 Å². The molecule has 0 spiro atoms. The van der Waals surface area contributed by atoms with Crippen molar-refractivity contribution in [2.24, 2.45) is 11.7 Å². The van der Waals surface area contributed by atoms with Crippen LogP contribution in [0.4, 0.5) is 0 Å². The van der Waals surface area contributed by atoms with Crippen molar-refractivity contribution in [2.45, 2.75) is 25.3 Å². The lowest BCUT2D eigenvalue weighted by Gasteiger charge is -2.32. The lowest BCUT2D eigenvalue weighted by molar-refractivity contribution is 0.247. The molecule has 19 heavy (non-hydrogen) atoms. The first-order valence-corrected chi connectivity index (χ1v) is 9.83. The van der Waals surface area contributed by atoms with Crippen LogP contribution in [-0.2, 0) is 10.0 Å². The molecule has 1 aliphatic heterocycles. The number of hydrogen-bond donors (Lipinski definition) is 1. The molecule has 108 valence electrons. The average Bonchev–Trinajstić information content (AvgIpc) is 2.75. The van der Waals surface area contributed by atoms with E-state index in [2.05, 4.69) is 15.9 Å². The van der Waals surface area contributed by atoms with Gasteiger partial charge in [-0.1, -0.05) is 0 Å². The normalized spacial score (nSPS) is 23.4. The van der Waals surface area contributed by atoms with E-state index in [-0.39, 0.29) is 6.04 Å². The van der Waals surface area contributed by atoms with Gasteiger partial charge in [0, 0.05) is 28.5 Å². The van der Waals surface area contributed by atoms with Crippen molar-refractivity contribution >= 4 is 37.3 Å². The van der Waals surface area contributed by atoms with Gasteiger partial charge in [0.2, 0.25) is 10.0 Å². The summed E-state index contributed by atoms with van der Waals surface area (Å²) < 4.78 is 25.8. The molecular formula is C12H19BrN2O2S2. The Labute approximate surface area is 127 Å². The number of thiophene rings is 1. The van der Waals surface area contributed by atoms with E-state index in [9.17, 15) is 8.42 Å². The molecule has 2 heterocycles. The van der Waals surface area contributed by atoms with Crippen molar-refractivity contribution in [1.29, 1.82) is 0 Å². The Morgan fingerprint density at radius 1 is 1.63 bits per heavy atom. The lowest BCUT2D eigenvalue weighted by Crippen LogP contribution is -2.40. The molecule has 1 aliphatic rings. The molecule has 1 fully saturated rings. The van der Waals surface area contributed by atoms with Crippen LogP contribution < -0.4 is 5.73 Å². The van der Waals surface area contributed by atoms with E-state index in [1.54, 1.807) is 15.6 Å². The van der Waals surface area contributed by atoms with Crippen LogP contribution in [0.25, 0.3) is 0 Å². The first kappa shape index (κ1) is 15.4. The minimum atomic E-state index is -3.07. The van der Waals surface area contributed by atoms with Gasteiger partial charge >= 0.3 is 0 Å². The second kappa shape index (κ2) is 6.22. The standard InChI is InChI=1S/C12H19BrN2O2S2/c1-19(16,17)15-5-2-3-9(8-15)7-11(14)12-10(13)4-6-18-12/h4,6,9,11H,2-3,5,7-8,14H2,1H3. The molecule has 0 amide bonds. The fraction of sp³-hybridized carbons (Fsp3) is 0.667. The molecule has 7 heteroatoms. The number of rotatable bonds is 4. The van der Waals surface area contributed by atoms with Gasteiger partial charge in [0.1, 0.15) is 0 Å². The molecule has 2 atom stereocenters. The fourth-order valence-electron chi connectivity index (χ4n) is 2.56. The maximum Gasteiger partial charge on any atom is 0.211 e. The number of piperidine rings is 1. The maximum atomic E-state index is 11.6. The van der Waals surface area contributed by atoms with Gasteiger partial charge in [-0.25, -0.2) is 12.7 Å². The zero-order valence-electron chi connectivity index (χ0n) is 10.9. The summed E-state index contributed by atoms with van der Waals surface area (Å²) >= 11 is 5.15. The summed E-state index contributed by atoms with van der Waals surface area (Å²) in [5.74, 6) is 0.354. The predicted molar refractivity (Wildman–Crippen MR) is 82.7 cm³/mol. The summed E-state index contributed by atoms with van der Waals surface area (Å²) in [5.41, 5.74) is 6.24. The highest BCUT2D eigenvalue weighted by Crippen LogP contribution is 2.33. The number of nitrogens with zero attached hydrogens (tertiary/aromatic N) is 1. The van der Waals surface area contributed by atoms with Gasteiger partial charge in [-0.3, -0.25) is 0 Å². The van der Waals surface area contributed by atoms with E-state index in [1.807, 2.05) is 11.4 Å². The maximum absolute atomic E-state index is 11.6. The van der Waals surface area contributed by atoms with E-state index in [1.165, 1.54) is 6.26 Å². The Balaban J connectivity index is 1.98. The highest BCUT2D eigenvalue weighted by atomic mass is 79.9. The van der Waals surface area contributed by atoms with Gasteiger partial charge in [0.15, 0.2) is 0 Å². The molecule has 1 aromatic heterocycles. The Morgan fingerprint density at radius 2 is 2.37 bits per heavy atom. The second-order valence-corrected chi connectivity index (χ2v) is 8.89. The molecule has 1 aromatic rings. The number of hydrogen-bond acceptors (Lipinski definition) is 4. The predicted octanol–water partition coefficient (Wildman–Crippen LogP) is 2.57. The highest BCUT2D eigenvalue weighted by molar-refractivity contribution is 9.10. The number of halogens is 1. The summed E-state index contributed by atoms with van der Waals surface area (Å²) in [6.07, 6.45) is 4.11. The van der Waals surface area contributed by atoms with Gasteiger partial charge in [0.25, 0.3) is 0 Å². The van der Waals surface area contributed by atoms with Crippen molar-refractivity contribution < 1.29 is 8.42 Å². The SMILES string of the molecule is CS(=O)(=O)N1CCCC(CC(N)c2sccc2Br)C1. The molecule has 0 radical (unpaired) electrons. The summed E-state index contributed by atoms with van der Waals surface area (Å²) in [6, 6.07) is 1.99. The van der Waals surface area contributed by atoms with Crippen LogP contribution in [0.3, 0.4) is 0 Å².